The van der Waals surface area contributed by atoms with Gasteiger partial charge in [-0.05, 0) is 41.8 Å². The van der Waals surface area contributed by atoms with Gasteiger partial charge in [0, 0.05) is 18.1 Å². The molecule has 3 aromatic rings. The van der Waals surface area contributed by atoms with Crippen LogP contribution in [0.3, 0.4) is 0 Å². The van der Waals surface area contributed by atoms with Gasteiger partial charge in [-0.3, -0.25) is 0 Å². The minimum Gasteiger partial charge on any atom is -0.369 e. The number of guanidine groups is 2. The molecule has 4 N–H and O–H groups in total. The van der Waals surface area contributed by atoms with E-state index in [2.05, 4.69) is 34.3 Å². The first-order chi connectivity index (χ1) is 14.0. The Morgan fingerprint density at radius 1 is 0.867 bits per heavy atom. The molecule has 0 saturated heterocycles. The maximum absolute atomic E-state index is 6.32. The highest BCUT2D eigenvalue weighted by atomic mass is 35.5. The fraction of sp³-hybridized carbons (Fsp3) is 0.130. The molecule has 0 amide bonds. The number of nitrogens with zero attached hydrogens (tertiary/aromatic N) is 3. The minimum absolute atomic E-state index is 0. The van der Waals surface area contributed by atoms with Gasteiger partial charge in [-0.25, -0.2) is 4.99 Å². The van der Waals surface area contributed by atoms with Gasteiger partial charge in [0.1, 0.15) is 0 Å². The molecule has 30 heavy (non-hydrogen) atoms. The first-order valence-electron chi connectivity index (χ1n) is 9.28. The molecule has 0 aliphatic carbocycles. The molecular formula is C23H25Cl2N5. The van der Waals surface area contributed by atoms with Gasteiger partial charge in [-0.2, -0.15) is 4.99 Å². The number of halogens is 2. The zero-order chi connectivity index (χ0) is 20.6. The summed E-state index contributed by atoms with van der Waals surface area (Å²) in [6, 6.07) is 25.6. The van der Waals surface area contributed by atoms with Crippen LogP contribution in [0.1, 0.15) is 16.7 Å². The summed E-state index contributed by atoms with van der Waals surface area (Å²) >= 11 is 6.00. The highest BCUT2D eigenvalue weighted by molar-refractivity contribution is 6.30. The highest BCUT2D eigenvalue weighted by Gasteiger charge is 2.11. The van der Waals surface area contributed by atoms with Crippen LogP contribution in [0, 0.1) is 6.92 Å². The Balaban J connectivity index is 0.00000320. The van der Waals surface area contributed by atoms with Crippen molar-refractivity contribution in [2.75, 3.05) is 0 Å². The minimum atomic E-state index is 0. The van der Waals surface area contributed by atoms with Crippen molar-refractivity contribution in [1.82, 2.24) is 4.90 Å². The largest absolute Gasteiger partial charge is 0.369 e. The lowest BCUT2D eigenvalue weighted by Crippen LogP contribution is -2.37. The quantitative estimate of drug-likeness (QED) is 0.430. The summed E-state index contributed by atoms with van der Waals surface area (Å²) in [5.41, 5.74) is 16.3. The molecule has 0 bridgehead atoms. The van der Waals surface area contributed by atoms with Crippen LogP contribution in [-0.2, 0) is 13.1 Å². The monoisotopic (exact) mass is 441 g/mol. The van der Waals surface area contributed by atoms with Gasteiger partial charge in [0.15, 0.2) is 5.96 Å². The molecule has 0 atom stereocenters. The van der Waals surface area contributed by atoms with Crippen molar-refractivity contribution >= 4 is 41.6 Å². The molecule has 3 aromatic carbocycles. The number of nitrogens with two attached hydrogens (primary N) is 2. The van der Waals surface area contributed by atoms with Gasteiger partial charge in [0.2, 0.25) is 5.96 Å². The standard InChI is InChI=1S/C23H24ClN5.ClH/c1-17-14-20(24)12-13-21(17)27-22(25)28-23(26)29(15-18-8-4-2-5-9-18)16-19-10-6-3-7-11-19;/h2-14H,15-16H2,1H3,(H4,25,26,27,28);1H. The van der Waals surface area contributed by atoms with E-state index < -0.39 is 0 Å². The molecule has 0 unspecified atom stereocenters. The number of benzene rings is 3. The zero-order valence-corrected chi connectivity index (χ0v) is 18.3. The van der Waals surface area contributed by atoms with E-state index in [1.165, 1.54) is 0 Å². The highest BCUT2D eigenvalue weighted by Crippen LogP contribution is 2.22. The lowest BCUT2D eigenvalue weighted by atomic mass is 10.2. The molecule has 7 heteroatoms. The second kappa shape index (κ2) is 11.2. The normalized spacial score (nSPS) is 11.7. The molecule has 0 spiro atoms. The number of aliphatic imine (C=N–C) groups is 2. The topological polar surface area (TPSA) is 80.0 Å². The van der Waals surface area contributed by atoms with Crippen molar-refractivity contribution in [3.05, 3.63) is 101 Å². The molecule has 0 heterocycles. The number of rotatable bonds is 5. The van der Waals surface area contributed by atoms with Crippen LogP contribution < -0.4 is 11.5 Å². The first-order valence-corrected chi connectivity index (χ1v) is 9.66. The lowest BCUT2D eigenvalue weighted by molar-refractivity contribution is 0.402. The van der Waals surface area contributed by atoms with Gasteiger partial charge in [-0.15, -0.1) is 12.4 Å². The van der Waals surface area contributed by atoms with Crippen molar-refractivity contribution < 1.29 is 0 Å². The third kappa shape index (κ3) is 6.79. The maximum Gasteiger partial charge on any atom is 0.223 e. The second-order valence-electron chi connectivity index (χ2n) is 6.70. The van der Waals surface area contributed by atoms with Crippen molar-refractivity contribution in [1.29, 1.82) is 0 Å². The summed E-state index contributed by atoms with van der Waals surface area (Å²) in [4.78, 5) is 10.7. The summed E-state index contributed by atoms with van der Waals surface area (Å²) in [6.07, 6.45) is 0. The zero-order valence-electron chi connectivity index (χ0n) is 16.7. The van der Waals surface area contributed by atoms with Crippen molar-refractivity contribution in [2.45, 2.75) is 20.0 Å². The number of hydrogen-bond acceptors (Lipinski definition) is 1. The van der Waals surface area contributed by atoms with Crippen LogP contribution in [0.25, 0.3) is 0 Å². The number of hydrogen-bond donors (Lipinski definition) is 2. The van der Waals surface area contributed by atoms with Crippen molar-refractivity contribution in [2.24, 2.45) is 21.5 Å². The summed E-state index contributed by atoms with van der Waals surface area (Å²) in [5, 5.41) is 0.653. The van der Waals surface area contributed by atoms with Crippen LogP contribution in [-0.4, -0.2) is 16.8 Å². The van der Waals surface area contributed by atoms with E-state index in [0.717, 1.165) is 16.7 Å². The van der Waals surface area contributed by atoms with Gasteiger partial charge in [-0.1, -0.05) is 72.3 Å². The average Bonchev–Trinajstić information content (AvgIpc) is 2.71. The molecular weight excluding hydrogens is 417 g/mol. The van der Waals surface area contributed by atoms with Crippen molar-refractivity contribution in [3.63, 3.8) is 0 Å². The summed E-state index contributed by atoms with van der Waals surface area (Å²) in [7, 11) is 0. The Morgan fingerprint density at radius 2 is 1.40 bits per heavy atom. The van der Waals surface area contributed by atoms with E-state index in [1.807, 2.05) is 60.4 Å². The molecule has 0 aliphatic rings. The molecule has 0 saturated carbocycles. The first kappa shape index (κ1) is 23.3. The SMILES string of the molecule is Cc1cc(Cl)ccc1N=C(N)/N=C(\N)N(Cc1ccccc1)Cc1ccccc1.Cl. The maximum atomic E-state index is 6.32. The van der Waals surface area contributed by atoms with Crippen LogP contribution in [0.15, 0.2) is 88.8 Å². The Labute approximate surface area is 188 Å². The third-order valence-corrected chi connectivity index (χ3v) is 4.61. The van der Waals surface area contributed by atoms with E-state index in [0.29, 0.717) is 29.8 Å². The molecule has 156 valence electrons. The van der Waals surface area contributed by atoms with Crippen LogP contribution in [0.4, 0.5) is 5.69 Å². The Morgan fingerprint density at radius 3 is 1.90 bits per heavy atom. The van der Waals surface area contributed by atoms with Crippen LogP contribution in [0.2, 0.25) is 5.02 Å². The molecule has 0 fully saturated rings. The van der Waals surface area contributed by atoms with Crippen molar-refractivity contribution in [3.8, 4) is 0 Å². The predicted molar refractivity (Wildman–Crippen MR) is 128 cm³/mol. The Kier molecular flexibility index (Phi) is 8.71. The predicted octanol–water partition coefficient (Wildman–Crippen LogP) is 5.03. The third-order valence-electron chi connectivity index (χ3n) is 4.38. The smallest absolute Gasteiger partial charge is 0.223 e. The average molecular weight is 442 g/mol. The summed E-state index contributed by atoms with van der Waals surface area (Å²) < 4.78 is 0. The van der Waals surface area contributed by atoms with Gasteiger partial charge < -0.3 is 16.4 Å². The van der Waals surface area contributed by atoms with Gasteiger partial charge in [0.05, 0.1) is 5.69 Å². The van der Waals surface area contributed by atoms with Gasteiger partial charge >= 0.3 is 0 Å². The Bertz CT molecular complexity index is 963. The van der Waals surface area contributed by atoms with E-state index in [9.17, 15) is 0 Å². The molecule has 0 aromatic heterocycles. The fourth-order valence-electron chi connectivity index (χ4n) is 2.91. The molecule has 0 aliphatic heterocycles. The van der Waals surface area contributed by atoms with Gasteiger partial charge in [0.25, 0.3) is 0 Å². The van der Waals surface area contributed by atoms with E-state index in [1.54, 1.807) is 6.07 Å². The van der Waals surface area contributed by atoms with Crippen LogP contribution >= 0.6 is 24.0 Å². The molecule has 5 nitrogen and oxygen atoms in total. The Hall–Kier alpha value is -3.02. The summed E-state index contributed by atoms with van der Waals surface area (Å²) in [5.74, 6) is 0.407. The van der Waals surface area contributed by atoms with E-state index in [4.69, 9.17) is 23.1 Å². The second-order valence-corrected chi connectivity index (χ2v) is 7.13. The molecule has 3 rings (SSSR count). The summed E-state index contributed by atoms with van der Waals surface area (Å²) in [6.45, 7) is 3.14. The van der Waals surface area contributed by atoms with Crippen LogP contribution in [0.5, 0.6) is 0 Å². The number of aryl methyl sites for hydroxylation is 1. The fourth-order valence-corrected chi connectivity index (χ4v) is 3.13. The van der Waals surface area contributed by atoms with E-state index >= 15 is 0 Å². The van der Waals surface area contributed by atoms with E-state index in [-0.39, 0.29) is 18.4 Å². The molecule has 0 radical (unpaired) electrons. The lowest BCUT2D eigenvalue weighted by Gasteiger charge is -2.24.